The van der Waals surface area contributed by atoms with Gasteiger partial charge in [-0.3, -0.25) is 0 Å². The molecule has 3 heteroatoms. The third-order valence-corrected chi connectivity index (χ3v) is 2.24. The molecule has 2 aromatic rings. The first-order valence-corrected chi connectivity index (χ1v) is 3.83. The zero-order valence-electron chi connectivity index (χ0n) is 5.24. The number of aromatic nitrogens is 1. The maximum Gasteiger partial charge on any atom is 0.124 e. The van der Waals surface area contributed by atoms with Gasteiger partial charge in [0.25, 0.3) is 0 Å². The molecule has 0 amide bonds. The van der Waals surface area contributed by atoms with Gasteiger partial charge in [-0.05, 0) is 17.5 Å². The van der Waals surface area contributed by atoms with Crippen LogP contribution in [0, 0.1) is 0 Å². The second kappa shape index (κ2) is 1.95. The van der Waals surface area contributed by atoms with E-state index in [1.807, 2.05) is 17.5 Å². The standard InChI is InChI=1S/C7H6N2S/c8-7-3-6-5(4-9-7)1-2-10-6/h1-4H,(H2,8,9). The van der Waals surface area contributed by atoms with Crippen molar-refractivity contribution in [1.82, 2.24) is 4.98 Å². The van der Waals surface area contributed by atoms with Gasteiger partial charge >= 0.3 is 0 Å². The van der Waals surface area contributed by atoms with Crippen LogP contribution in [0.2, 0.25) is 0 Å². The first kappa shape index (κ1) is 5.68. The van der Waals surface area contributed by atoms with E-state index in [9.17, 15) is 0 Å². The van der Waals surface area contributed by atoms with Crippen LogP contribution >= 0.6 is 11.3 Å². The molecule has 2 rings (SSSR count). The molecule has 0 saturated carbocycles. The molecule has 0 fully saturated rings. The molecule has 0 aliphatic heterocycles. The Bertz CT molecular complexity index is 353. The number of thiophene rings is 1. The minimum Gasteiger partial charge on any atom is -0.384 e. The molecule has 0 aliphatic rings. The monoisotopic (exact) mass is 150 g/mol. The molecule has 0 unspecified atom stereocenters. The fourth-order valence-corrected chi connectivity index (χ4v) is 1.68. The van der Waals surface area contributed by atoms with Crippen LogP contribution in [0.1, 0.15) is 0 Å². The number of fused-ring (bicyclic) bond motifs is 1. The lowest BCUT2D eigenvalue weighted by atomic mass is 10.3. The number of nitrogen functional groups attached to an aromatic ring is 1. The van der Waals surface area contributed by atoms with Gasteiger partial charge in [-0.15, -0.1) is 11.3 Å². The van der Waals surface area contributed by atoms with Crippen molar-refractivity contribution >= 4 is 27.2 Å². The van der Waals surface area contributed by atoms with Crippen LogP contribution in [0.4, 0.5) is 5.82 Å². The SMILES string of the molecule is Nc1cc2sccc2cn1. The molecular weight excluding hydrogens is 144 g/mol. The van der Waals surface area contributed by atoms with Gasteiger partial charge in [0.2, 0.25) is 0 Å². The molecule has 50 valence electrons. The average molecular weight is 150 g/mol. The molecule has 10 heavy (non-hydrogen) atoms. The van der Waals surface area contributed by atoms with E-state index in [-0.39, 0.29) is 0 Å². The van der Waals surface area contributed by atoms with Crippen LogP contribution in [0.5, 0.6) is 0 Å². The molecular formula is C7H6N2S. The number of nitrogens with zero attached hydrogens (tertiary/aromatic N) is 1. The van der Waals surface area contributed by atoms with Crippen LogP contribution in [-0.4, -0.2) is 4.98 Å². The van der Waals surface area contributed by atoms with Gasteiger partial charge in [0.15, 0.2) is 0 Å². The van der Waals surface area contributed by atoms with E-state index in [1.54, 1.807) is 17.5 Å². The van der Waals surface area contributed by atoms with Crippen molar-refractivity contribution < 1.29 is 0 Å². The average Bonchev–Trinajstić information content (AvgIpc) is 2.33. The Labute approximate surface area is 62.3 Å². The predicted molar refractivity (Wildman–Crippen MR) is 44.0 cm³/mol. The molecule has 0 bridgehead atoms. The zero-order chi connectivity index (χ0) is 6.97. The normalized spacial score (nSPS) is 10.4. The van der Waals surface area contributed by atoms with Crippen molar-refractivity contribution in [1.29, 1.82) is 0 Å². The summed E-state index contributed by atoms with van der Waals surface area (Å²) in [6, 6.07) is 3.92. The van der Waals surface area contributed by atoms with Crippen LogP contribution in [0.15, 0.2) is 23.7 Å². The summed E-state index contributed by atoms with van der Waals surface area (Å²) in [4.78, 5) is 3.96. The third-order valence-electron chi connectivity index (χ3n) is 1.36. The molecule has 0 saturated heterocycles. The van der Waals surface area contributed by atoms with Crippen molar-refractivity contribution in [2.45, 2.75) is 0 Å². The maximum atomic E-state index is 5.48. The second-order valence-electron chi connectivity index (χ2n) is 2.07. The van der Waals surface area contributed by atoms with Gasteiger partial charge in [-0.1, -0.05) is 0 Å². The van der Waals surface area contributed by atoms with Crippen molar-refractivity contribution in [2.75, 3.05) is 5.73 Å². The van der Waals surface area contributed by atoms with E-state index < -0.39 is 0 Å². The van der Waals surface area contributed by atoms with Gasteiger partial charge < -0.3 is 5.73 Å². The number of hydrogen-bond donors (Lipinski definition) is 1. The number of anilines is 1. The summed E-state index contributed by atoms with van der Waals surface area (Å²) >= 11 is 1.68. The summed E-state index contributed by atoms with van der Waals surface area (Å²) < 4.78 is 1.20. The minimum absolute atomic E-state index is 0.593. The number of rotatable bonds is 0. The highest BCUT2D eigenvalue weighted by atomic mass is 32.1. The van der Waals surface area contributed by atoms with Gasteiger partial charge in [0.1, 0.15) is 5.82 Å². The number of pyridine rings is 1. The molecule has 0 atom stereocenters. The highest BCUT2D eigenvalue weighted by Crippen LogP contribution is 2.20. The Morgan fingerprint density at radius 2 is 2.40 bits per heavy atom. The van der Waals surface area contributed by atoms with Gasteiger partial charge in [-0.2, -0.15) is 0 Å². The lowest BCUT2D eigenvalue weighted by Gasteiger charge is -1.89. The Kier molecular flexibility index (Phi) is 1.11. The van der Waals surface area contributed by atoms with Crippen molar-refractivity contribution in [3.63, 3.8) is 0 Å². The minimum atomic E-state index is 0.593. The third kappa shape index (κ3) is 0.752. The number of hydrogen-bond acceptors (Lipinski definition) is 3. The molecule has 0 aromatic carbocycles. The van der Waals surface area contributed by atoms with Crippen molar-refractivity contribution in [3.8, 4) is 0 Å². The Balaban J connectivity index is 2.86. The molecule has 2 aromatic heterocycles. The van der Waals surface area contributed by atoms with Gasteiger partial charge in [0.05, 0.1) is 0 Å². The molecule has 2 nitrogen and oxygen atoms in total. The van der Waals surface area contributed by atoms with E-state index >= 15 is 0 Å². The Morgan fingerprint density at radius 3 is 3.30 bits per heavy atom. The topological polar surface area (TPSA) is 38.9 Å². The highest BCUT2D eigenvalue weighted by molar-refractivity contribution is 7.17. The van der Waals surface area contributed by atoms with E-state index in [4.69, 9.17) is 5.73 Å². The first-order valence-electron chi connectivity index (χ1n) is 2.95. The molecule has 0 spiro atoms. The van der Waals surface area contributed by atoms with E-state index in [2.05, 4.69) is 4.98 Å². The van der Waals surface area contributed by atoms with E-state index in [0.717, 1.165) is 0 Å². The van der Waals surface area contributed by atoms with Crippen LogP contribution in [0.25, 0.3) is 10.1 Å². The first-order chi connectivity index (χ1) is 4.86. The van der Waals surface area contributed by atoms with Crippen LogP contribution < -0.4 is 5.73 Å². The summed E-state index contributed by atoms with van der Waals surface area (Å²) in [6.07, 6.45) is 1.79. The molecule has 0 aliphatic carbocycles. The fraction of sp³-hybridized carbons (Fsp3) is 0. The zero-order valence-corrected chi connectivity index (χ0v) is 6.06. The molecule has 2 heterocycles. The van der Waals surface area contributed by atoms with Crippen LogP contribution in [-0.2, 0) is 0 Å². The summed E-state index contributed by atoms with van der Waals surface area (Å²) in [7, 11) is 0. The summed E-state index contributed by atoms with van der Waals surface area (Å²) in [6.45, 7) is 0. The summed E-state index contributed by atoms with van der Waals surface area (Å²) in [5.74, 6) is 0.593. The van der Waals surface area contributed by atoms with Gasteiger partial charge in [-0.25, -0.2) is 4.98 Å². The molecule has 2 N–H and O–H groups in total. The maximum absolute atomic E-state index is 5.48. The van der Waals surface area contributed by atoms with Crippen molar-refractivity contribution in [2.24, 2.45) is 0 Å². The predicted octanol–water partition coefficient (Wildman–Crippen LogP) is 1.88. The summed E-state index contributed by atoms with van der Waals surface area (Å²) in [5, 5.41) is 3.20. The van der Waals surface area contributed by atoms with Crippen LogP contribution in [0.3, 0.4) is 0 Å². The summed E-state index contributed by atoms with van der Waals surface area (Å²) in [5.41, 5.74) is 5.48. The Hall–Kier alpha value is -1.09. The van der Waals surface area contributed by atoms with E-state index in [0.29, 0.717) is 5.82 Å². The quantitative estimate of drug-likeness (QED) is 0.622. The lowest BCUT2D eigenvalue weighted by molar-refractivity contribution is 1.38. The smallest absolute Gasteiger partial charge is 0.124 e. The highest BCUT2D eigenvalue weighted by Gasteiger charge is 1.93. The number of nitrogens with two attached hydrogens (primary N) is 1. The van der Waals surface area contributed by atoms with Gasteiger partial charge in [0, 0.05) is 16.3 Å². The van der Waals surface area contributed by atoms with Crippen molar-refractivity contribution in [3.05, 3.63) is 23.7 Å². The lowest BCUT2D eigenvalue weighted by Crippen LogP contribution is -1.86. The largest absolute Gasteiger partial charge is 0.384 e. The molecule has 0 radical (unpaired) electrons. The fourth-order valence-electron chi connectivity index (χ4n) is 0.870. The second-order valence-corrected chi connectivity index (χ2v) is 3.02. The van der Waals surface area contributed by atoms with E-state index in [1.165, 1.54) is 10.1 Å². The Morgan fingerprint density at radius 1 is 1.50 bits per heavy atom.